The smallest absolute Gasteiger partial charge is 0.167 e. The molecule has 4 rings (SSSR count). The van der Waals surface area contributed by atoms with Gasteiger partial charge in [0.05, 0.1) is 0 Å². The molecule has 4 aromatic carbocycles. The van der Waals surface area contributed by atoms with Gasteiger partial charge in [-0.1, -0.05) is 91.0 Å². The van der Waals surface area contributed by atoms with E-state index in [9.17, 15) is 13.2 Å². The quantitative estimate of drug-likeness (QED) is 0.305. The second-order valence-corrected chi connectivity index (χ2v) is 7.12. The minimum absolute atomic E-state index is 0.178. The molecule has 0 saturated carbocycles. The van der Waals surface area contributed by atoms with Gasteiger partial charge in [-0.15, -0.1) is 0 Å². The lowest BCUT2D eigenvalue weighted by Gasteiger charge is -2.07. The van der Waals surface area contributed by atoms with E-state index in [1.54, 1.807) is 61.5 Å². The van der Waals surface area contributed by atoms with Crippen LogP contribution in [0.4, 0.5) is 13.2 Å². The van der Waals surface area contributed by atoms with Crippen LogP contribution in [0.3, 0.4) is 0 Å². The molecule has 0 saturated heterocycles. The van der Waals surface area contributed by atoms with Crippen LogP contribution in [0, 0.1) is 24.4 Å². The lowest BCUT2D eigenvalue weighted by atomic mass is 10.0. The molecule has 0 spiro atoms. The molecule has 0 unspecified atom stereocenters. The molecule has 0 nitrogen and oxygen atoms in total. The van der Waals surface area contributed by atoms with Crippen molar-refractivity contribution in [2.24, 2.45) is 0 Å². The first kappa shape index (κ1) is 19.7. The van der Waals surface area contributed by atoms with Crippen molar-refractivity contribution < 1.29 is 13.2 Å². The predicted molar refractivity (Wildman–Crippen MR) is 117 cm³/mol. The molecular weight excluding hydrogens is 381 g/mol. The largest absolute Gasteiger partial charge is 0.207 e. The van der Waals surface area contributed by atoms with Crippen LogP contribution in [0.2, 0.25) is 0 Å². The molecule has 0 atom stereocenters. The van der Waals surface area contributed by atoms with Gasteiger partial charge in [-0.25, -0.2) is 13.2 Å². The average molecular weight is 400 g/mol. The summed E-state index contributed by atoms with van der Waals surface area (Å²) in [6.45, 7) is 1.72. The highest BCUT2D eigenvalue weighted by Crippen LogP contribution is 2.27. The maximum absolute atomic E-state index is 14.5. The highest BCUT2D eigenvalue weighted by atomic mass is 19.2. The second kappa shape index (κ2) is 8.42. The zero-order chi connectivity index (χ0) is 21.1. The van der Waals surface area contributed by atoms with E-state index in [1.807, 2.05) is 36.4 Å². The lowest BCUT2D eigenvalue weighted by Crippen LogP contribution is -1.93. The Morgan fingerprint density at radius 3 is 2.00 bits per heavy atom. The highest BCUT2D eigenvalue weighted by molar-refractivity contribution is 5.74. The Labute approximate surface area is 174 Å². The first-order chi connectivity index (χ1) is 14.5. The average Bonchev–Trinajstić information content (AvgIpc) is 2.78. The predicted octanol–water partition coefficient (Wildman–Crippen LogP) is 7.92. The Morgan fingerprint density at radius 2 is 1.30 bits per heavy atom. The fourth-order valence-electron chi connectivity index (χ4n) is 3.28. The standard InChI is InChI=1S/C27H19F3/c1-18-7-11-23(17-25(18)28)20-12-8-19(9-13-20)10-14-22-15-16-24(27(30)26(22)29)21-5-3-2-4-6-21/h2-17H,1H3/b14-10+. The van der Waals surface area contributed by atoms with E-state index in [1.165, 1.54) is 6.07 Å². The van der Waals surface area contributed by atoms with Crippen molar-refractivity contribution in [3.05, 3.63) is 119 Å². The van der Waals surface area contributed by atoms with Crippen molar-refractivity contribution in [2.45, 2.75) is 6.92 Å². The van der Waals surface area contributed by atoms with Gasteiger partial charge in [0, 0.05) is 11.1 Å². The van der Waals surface area contributed by atoms with Crippen molar-refractivity contribution in [1.29, 1.82) is 0 Å². The summed E-state index contributed by atoms with van der Waals surface area (Å²) in [7, 11) is 0. The molecule has 0 N–H and O–H groups in total. The third kappa shape index (κ3) is 4.06. The molecule has 0 aliphatic carbocycles. The Balaban J connectivity index is 1.56. The number of aryl methyl sites for hydroxylation is 1. The molecule has 0 bridgehead atoms. The number of hydrogen-bond donors (Lipinski definition) is 0. The lowest BCUT2D eigenvalue weighted by molar-refractivity contribution is 0.509. The van der Waals surface area contributed by atoms with Crippen LogP contribution in [0.5, 0.6) is 0 Å². The maximum atomic E-state index is 14.5. The van der Waals surface area contributed by atoms with E-state index in [-0.39, 0.29) is 16.9 Å². The van der Waals surface area contributed by atoms with E-state index in [0.29, 0.717) is 11.1 Å². The summed E-state index contributed by atoms with van der Waals surface area (Å²) in [6.07, 6.45) is 3.27. The Bertz CT molecular complexity index is 1210. The minimum Gasteiger partial charge on any atom is -0.207 e. The molecule has 4 aromatic rings. The second-order valence-electron chi connectivity index (χ2n) is 7.12. The SMILES string of the molecule is Cc1ccc(-c2ccc(/C=C/c3ccc(-c4ccccc4)c(F)c3F)cc2)cc1F. The summed E-state index contributed by atoms with van der Waals surface area (Å²) in [5.74, 6) is -1.98. The minimum atomic E-state index is -0.876. The molecule has 0 aromatic heterocycles. The van der Waals surface area contributed by atoms with E-state index in [2.05, 4.69) is 0 Å². The molecule has 0 heterocycles. The van der Waals surface area contributed by atoms with E-state index in [4.69, 9.17) is 0 Å². The summed E-state index contributed by atoms with van der Waals surface area (Å²) in [6, 6.07) is 24.6. The molecule has 3 heteroatoms. The van der Waals surface area contributed by atoms with Gasteiger partial charge in [-0.05, 0) is 40.8 Å². The Hall–Kier alpha value is -3.59. The van der Waals surface area contributed by atoms with Crippen LogP contribution < -0.4 is 0 Å². The van der Waals surface area contributed by atoms with Gasteiger partial charge >= 0.3 is 0 Å². The van der Waals surface area contributed by atoms with Gasteiger partial charge < -0.3 is 0 Å². The summed E-state index contributed by atoms with van der Waals surface area (Å²) >= 11 is 0. The number of benzene rings is 4. The van der Waals surface area contributed by atoms with E-state index in [0.717, 1.165) is 16.7 Å². The molecule has 0 aliphatic rings. The molecule has 0 fully saturated rings. The van der Waals surface area contributed by atoms with Gasteiger partial charge in [0.2, 0.25) is 0 Å². The van der Waals surface area contributed by atoms with Crippen LogP contribution in [-0.2, 0) is 0 Å². The zero-order valence-electron chi connectivity index (χ0n) is 16.4. The van der Waals surface area contributed by atoms with Gasteiger partial charge in [0.25, 0.3) is 0 Å². The van der Waals surface area contributed by atoms with E-state index < -0.39 is 11.6 Å². The van der Waals surface area contributed by atoms with Crippen LogP contribution in [0.15, 0.2) is 84.9 Å². The van der Waals surface area contributed by atoms with Crippen LogP contribution in [0.25, 0.3) is 34.4 Å². The van der Waals surface area contributed by atoms with Gasteiger partial charge in [-0.2, -0.15) is 0 Å². The fourth-order valence-corrected chi connectivity index (χ4v) is 3.28. The molecule has 0 amide bonds. The summed E-state index contributed by atoms with van der Waals surface area (Å²) in [4.78, 5) is 0. The van der Waals surface area contributed by atoms with E-state index >= 15 is 0 Å². The van der Waals surface area contributed by atoms with Gasteiger partial charge in [0.15, 0.2) is 11.6 Å². The Morgan fingerprint density at radius 1 is 0.600 bits per heavy atom. The topological polar surface area (TPSA) is 0 Å². The van der Waals surface area contributed by atoms with Crippen molar-refractivity contribution in [2.75, 3.05) is 0 Å². The Kier molecular flexibility index (Phi) is 5.53. The van der Waals surface area contributed by atoms with Crippen LogP contribution >= 0.6 is 0 Å². The van der Waals surface area contributed by atoms with Crippen molar-refractivity contribution in [3.8, 4) is 22.3 Å². The first-order valence-electron chi connectivity index (χ1n) is 9.61. The third-order valence-electron chi connectivity index (χ3n) is 5.07. The maximum Gasteiger partial charge on any atom is 0.167 e. The van der Waals surface area contributed by atoms with Gasteiger partial charge in [0.1, 0.15) is 5.82 Å². The van der Waals surface area contributed by atoms with Gasteiger partial charge in [-0.3, -0.25) is 0 Å². The number of halogens is 3. The monoisotopic (exact) mass is 400 g/mol. The molecule has 30 heavy (non-hydrogen) atoms. The molecule has 0 radical (unpaired) electrons. The van der Waals surface area contributed by atoms with Crippen molar-refractivity contribution in [1.82, 2.24) is 0 Å². The van der Waals surface area contributed by atoms with Crippen LogP contribution in [0.1, 0.15) is 16.7 Å². The highest BCUT2D eigenvalue weighted by Gasteiger charge is 2.13. The van der Waals surface area contributed by atoms with Crippen molar-refractivity contribution >= 4 is 12.2 Å². The van der Waals surface area contributed by atoms with Crippen LogP contribution in [-0.4, -0.2) is 0 Å². The summed E-state index contributed by atoms with van der Waals surface area (Å²) in [5.41, 5.74) is 4.15. The number of hydrogen-bond acceptors (Lipinski definition) is 0. The zero-order valence-corrected chi connectivity index (χ0v) is 16.4. The normalized spacial score (nSPS) is 11.2. The molecule has 148 valence electrons. The first-order valence-corrected chi connectivity index (χ1v) is 9.61. The summed E-state index contributed by atoms with van der Waals surface area (Å²) < 4.78 is 42.9. The summed E-state index contributed by atoms with van der Waals surface area (Å²) in [5, 5.41) is 0. The molecule has 0 aliphatic heterocycles. The fraction of sp³-hybridized carbons (Fsp3) is 0.0370. The number of rotatable bonds is 4. The molecular formula is C27H19F3. The third-order valence-corrected chi connectivity index (χ3v) is 5.07. The van der Waals surface area contributed by atoms with Crippen molar-refractivity contribution in [3.63, 3.8) is 0 Å².